The van der Waals surface area contributed by atoms with E-state index in [-0.39, 0.29) is 5.69 Å². The van der Waals surface area contributed by atoms with Crippen LogP contribution in [0.4, 0.5) is 11.4 Å². The molecule has 0 bridgehead atoms. The summed E-state index contributed by atoms with van der Waals surface area (Å²) in [6, 6.07) is 11.7. The Morgan fingerprint density at radius 2 is 1.93 bits per heavy atom. The van der Waals surface area contributed by atoms with Gasteiger partial charge in [0.1, 0.15) is 0 Å². The number of nitrogens with one attached hydrogen (secondary N) is 1. The monoisotopic (exact) mass is 386 g/mol. The number of non-ortho nitro benzene ring substituents is 1. The molecule has 0 aliphatic heterocycles. The van der Waals surface area contributed by atoms with Crippen LogP contribution in [-0.2, 0) is 14.3 Å². The van der Waals surface area contributed by atoms with E-state index in [2.05, 4.69) is 5.32 Å². The van der Waals surface area contributed by atoms with Crippen LogP contribution >= 0.6 is 11.8 Å². The van der Waals surface area contributed by atoms with E-state index in [9.17, 15) is 19.7 Å². The van der Waals surface area contributed by atoms with Gasteiger partial charge in [0.2, 0.25) is 0 Å². The predicted molar refractivity (Wildman–Crippen MR) is 105 cm³/mol. The predicted octanol–water partition coefficient (Wildman–Crippen LogP) is 3.82. The highest BCUT2D eigenvalue weighted by atomic mass is 32.2. The normalized spacial score (nSPS) is 10.6. The maximum atomic E-state index is 11.9. The molecule has 0 heterocycles. The second-order valence-electron chi connectivity index (χ2n) is 5.52. The van der Waals surface area contributed by atoms with Gasteiger partial charge < -0.3 is 10.1 Å². The fourth-order valence-electron chi connectivity index (χ4n) is 2.11. The summed E-state index contributed by atoms with van der Waals surface area (Å²) < 4.78 is 4.88. The highest BCUT2D eigenvalue weighted by Crippen LogP contribution is 2.21. The zero-order chi connectivity index (χ0) is 19.8. The number of amides is 1. The zero-order valence-electron chi connectivity index (χ0n) is 14.8. The largest absolute Gasteiger partial charge is 0.452 e. The fourth-order valence-corrected chi connectivity index (χ4v) is 2.52. The minimum absolute atomic E-state index is 0.136. The van der Waals surface area contributed by atoms with Crippen LogP contribution in [0.3, 0.4) is 0 Å². The van der Waals surface area contributed by atoms with Crippen LogP contribution in [0.5, 0.6) is 0 Å². The summed E-state index contributed by atoms with van der Waals surface area (Å²) in [5, 5.41) is 13.3. The Morgan fingerprint density at radius 1 is 1.22 bits per heavy atom. The average molecular weight is 386 g/mol. The first kappa shape index (κ1) is 20.2. The van der Waals surface area contributed by atoms with Crippen molar-refractivity contribution < 1.29 is 19.2 Å². The van der Waals surface area contributed by atoms with Crippen molar-refractivity contribution in [3.63, 3.8) is 0 Å². The number of nitro groups is 1. The quantitative estimate of drug-likeness (QED) is 0.255. The molecule has 8 heteroatoms. The van der Waals surface area contributed by atoms with Crippen molar-refractivity contribution in [2.24, 2.45) is 0 Å². The van der Waals surface area contributed by atoms with Crippen molar-refractivity contribution in [1.29, 1.82) is 0 Å². The van der Waals surface area contributed by atoms with Gasteiger partial charge in [-0.05, 0) is 42.5 Å². The molecule has 1 amide bonds. The van der Waals surface area contributed by atoms with Gasteiger partial charge in [-0.2, -0.15) is 0 Å². The second-order valence-corrected chi connectivity index (χ2v) is 6.40. The van der Waals surface area contributed by atoms with Gasteiger partial charge in [0.15, 0.2) is 6.61 Å². The average Bonchev–Trinajstić information content (AvgIpc) is 2.66. The second kappa shape index (κ2) is 9.54. The molecule has 2 aromatic rings. The van der Waals surface area contributed by atoms with E-state index in [0.717, 1.165) is 10.5 Å². The van der Waals surface area contributed by atoms with E-state index in [4.69, 9.17) is 4.74 Å². The molecule has 0 spiro atoms. The maximum Gasteiger partial charge on any atom is 0.331 e. The van der Waals surface area contributed by atoms with Crippen LogP contribution in [0.2, 0.25) is 0 Å². The molecule has 2 aromatic carbocycles. The van der Waals surface area contributed by atoms with Gasteiger partial charge >= 0.3 is 5.97 Å². The molecule has 1 N–H and O–H groups in total. The van der Waals surface area contributed by atoms with Crippen molar-refractivity contribution in [3.8, 4) is 0 Å². The van der Waals surface area contributed by atoms with Crippen LogP contribution in [0.1, 0.15) is 11.1 Å². The Bertz CT molecular complexity index is 878. The van der Waals surface area contributed by atoms with Gasteiger partial charge in [0.25, 0.3) is 11.6 Å². The molecule has 0 saturated heterocycles. The van der Waals surface area contributed by atoms with E-state index in [1.807, 2.05) is 30.5 Å². The number of carbonyl (C=O) groups excluding carboxylic acids is 2. The Morgan fingerprint density at radius 3 is 2.56 bits per heavy atom. The third-order valence-electron chi connectivity index (χ3n) is 3.58. The minimum atomic E-state index is -0.658. The number of esters is 1. The highest BCUT2D eigenvalue weighted by molar-refractivity contribution is 7.98. The number of nitrogens with zero attached hydrogens (tertiary/aromatic N) is 1. The molecule has 0 aromatic heterocycles. The van der Waals surface area contributed by atoms with Crippen molar-refractivity contribution in [3.05, 3.63) is 69.8 Å². The molecule has 0 saturated carbocycles. The lowest BCUT2D eigenvalue weighted by molar-refractivity contribution is -0.384. The summed E-state index contributed by atoms with van der Waals surface area (Å²) >= 11 is 1.62. The number of ether oxygens (including phenoxy) is 1. The molecular weight excluding hydrogens is 368 g/mol. The van der Waals surface area contributed by atoms with E-state index in [1.165, 1.54) is 24.3 Å². The van der Waals surface area contributed by atoms with Crippen molar-refractivity contribution >= 4 is 41.1 Å². The first-order valence-electron chi connectivity index (χ1n) is 7.93. The first-order chi connectivity index (χ1) is 12.9. The Kier molecular flexibility index (Phi) is 7.13. The van der Waals surface area contributed by atoms with Crippen molar-refractivity contribution in [1.82, 2.24) is 0 Å². The van der Waals surface area contributed by atoms with Crippen LogP contribution in [0, 0.1) is 17.0 Å². The maximum absolute atomic E-state index is 11.9. The van der Waals surface area contributed by atoms with Crippen molar-refractivity contribution in [2.45, 2.75) is 11.8 Å². The first-order valence-corrected chi connectivity index (χ1v) is 9.15. The number of carbonyl (C=O) groups is 2. The third-order valence-corrected chi connectivity index (χ3v) is 4.32. The summed E-state index contributed by atoms with van der Waals surface area (Å²) in [4.78, 5) is 35.0. The zero-order valence-corrected chi connectivity index (χ0v) is 15.6. The Balaban J connectivity index is 1.87. The molecule has 0 fully saturated rings. The molecule has 7 nitrogen and oxygen atoms in total. The summed E-state index contributed by atoms with van der Waals surface area (Å²) in [5.41, 5.74) is 1.66. The molecular formula is C19H18N2O5S. The fraction of sp³-hybridized carbons (Fsp3) is 0.158. The van der Waals surface area contributed by atoms with Gasteiger partial charge in [-0.3, -0.25) is 14.9 Å². The number of nitro benzene ring substituents is 1. The van der Waals surface area contributed by atoms with E-state index in [0.29, 0.717) is 11.3 Å². The summed E-state index contributed by atoms with van der Waals surface area (Å²) in [5.74, 6) is -1.24. The molecule has 2 rings (SSSR count). The number of rotatable bonds is 7. The molecule has 0 atom stereocenters. The standard InChI is InChI=1S/C19H18N2O5S/c1-13-3-7-15(21(24)25)11-17(13)20-18(22)12-26-19(23)10-6-14-4-8-16(27-2)9-5-14/h3-11H,12H2,1-2H3,(H,20,22)/b10-6+. The third kappa shape index (κ3) is 6.27. The summed E-state index contributed by atoms with van der Waals surface area (Å²) in [6.07, 6.45) is 4.80. The van der Waals surface area contributed by atoms with Crippen LogP contribution in [0.15, 0.2) is 53.4 Å². The number of benzene rings is 2. The molecule has 0 aliphatic carbocycles. The van der Waals surface area contributed by atoms with E-state index < -0.39 is 23.4 Å². The summed E-state index contributed by atoms with van der Waals surface area (Å²) in [6.45, 7) is 1.22. The number of thioether (sulfide) groups is 1. The Labute approximate surface area is 160 Å². The molecule has 27 heavy (non-hydrogen) atoms. The SMILES string of the molecule is CSc1ccc(/C=C/C(=O)OCC(=O)Nc2cc([N+](=O)[O-])ccc2C)cc1. The number of hydrogen-bond acceptors (Lipinski definition) is 6. The minimum Gasteiger partial charge on any atom is -0.452 e. The van der Waals surface area contributed by atoms with Crippen molar-refractivity contribution in [2.75, 3.05) is 18.2 Å². The van der Waals surface area contributed by atoms with Gasteiger partial charge in [-0.25, -0.2) is 4.79 Å². The number of anilines is 1. The van der Waals surface area contributed by atoms with Gasteiger partial charge in [-0.15, -0.1) is 11.8 Å². The highest BCUT2D eigenvalue weighted by Gasteiger charge is 2.12. The van der Waals surface area contributed by atoms with Crippen LogP contribution in [0.25, 0.3) is 6.08 Å². The van der Waals surface area contributed by atoms with Crippen LogP contribution < -0.4 is 5.32 Å². The molecule has 0 radical (unpaired) electrons. The van der Waals surface area contributed by atoms with Gasteiger partial charge in [-0.1, -0.05) is 18.2 Å². The molecule has 140 valence electrons. The lowest BCUT2D eigenvalue weighted by Crippen LogP contribution is -2.20. The van der Waals surface area contributed by atoms with E-state index in [1.54, 1.807) is 24.8 Å². The Hall–Kier alpha value is -3.13. The topological polar surface area (TPSA) is 98.5 Å². The lowest BCUT2D eigenvalue weighted by atomic mass is 10.2. The molecule has 0 aliphatic rings. The summed E-state index contributed by atoms with van der Waals surface area (Å²) in [7, 11) is 0. The van der Waals surface area contributed by atoms with E-state index >= 15 is 0 Å². The number of hydrogen-bond donors (Lipinski definition) is 1. The van der Waals surface area contributed by atoms with Gasteiger partial charge in [0, 0.05) is 23.1 Å². The van der Waals surface area contributed by atoms with Crippen LogP contribution in [-0.4, -0.2) is 29.7 Å². The number of aryl methyl sites for hydroxylation is 1. The lowest BCUT2D eigenvalue weighted by Gasteiger charge is -2.08. The van der Waals surface area contributed by atoms with Gasteiger partial charge in [0.05, 0.1) is 10.6 Å². The smallest absolute Gasteiger partial charge is 0.331 e. The molecule has 0 unspecified atom stereocenters.